The van der Waals surface area contributed by atoms with E-state index in [9.17, 15) is 24.8 Å². The van der Waals surface area contributed by atoms with Gasteiger partial charge in [0.1, 0.15) is 5.75 Å². The van der Waals surface area contributed by atoms with Gasteiger partial charge >= 0.3 is 5.97 Å². The van der Waals surface area contributed by atoms with Crippen LogP contribution in [-0.4, -0.2) is 40.5 Å². The minimum absolute atomic E-state index is 0.0433. The Morgan fingerprint density at radius 2 is 1.89 bits per heavy atom. The lowest BCUT2D eigenvalue weighted by Crippen LogP contribution is -2.33. The van der Waals surface area contributed by atoms with Gasteiger partial charge in [0.2, 0.25) is 0 Å². The fraction of sp³-hybridized carbons (Fsp3) is 0.263. The summed E-state index contributed by atoms with van der Waals surface area (Å²) in [6.45, 7) is 3.94. The Hall–Kier alpha value is -3.42. The minimum Gasteiger partial charge on any atom is -0.497 e. The molecule has 0 aromatic heterocycles. The molecule has 27 heavy (non-hydrogen) atoms. The summed E-state index contributed by atoms with van der Waals surface area (Å²) in [7, 11) is 1.54. The normalized spacial score (nSPS) is 11.5. The number of methoxy groups -OCH3 is 1. The molecule has 2 aromatic carbocycles. The number of benzene rings is 2. The zero-order valence-corrected chi connectivity index (χ0v) is 15.2. The number of rotatable bonds is 7. The third-order valence-electron chi connectivity index (χ3n) is 4.27. The molecular formula is C19H20N2O6. The number of aromatic carboxylic acids is 1. The molecule has 0 radical (unpaired) electrons. The number of nitro groups is 1. The van der Waals surface area contributed by atoms with Crippen molar-refractivity contribution in [3.8, 4) is 5.75 Å². The van der Waals surface area contributed by atoms with Crippen LogP contribution in [0, 0.1) is 10.1 Å². The molecule has 0 fully saturated rings. The maximum atomic E-state index is 13.0. The van der Waals surface area contributed by atoms with Gasteiger partial charge in [0.25, 0.3) is 11.6 Å². The van der Waals surface area contributed by atoms with Crippen LogP contribution in [0.3, 0.4) is 0 Å². The predicted molar refractivity (Wildman–Crippen MR) is 98.2 cm³/mol. The molecule has 0 bridgehead atoms. The zero-order valence-electron chi connectivity index (χ0n) is 15.2. The molecule has 0 spiro atoms. The van der Waals surface area contributed by atoms with Crippen LogP contribution in [0.25, 0.3) is 0 Å². The van der Waals surface area contributed by atoms with Crippen molar-refractivity contribution < 1.29 is 24.4 Å². The molecule has 0 heterocycles. The second-order valence-electron chi connectivity index (χ2n) is 5.87. The van der Waals surface area contributed by atoms with Gasteiger partial charge in [-0.1, -0.05) is 12.1 Å². The van der Waals surface area contributed by atoms with E-state index in [-0.39, 0.29) is 17.2 Å². The number of carboxylic acids is 1. The number of ether oxygens (including phenoxy) is 1. The standard InChI is InChI=1S/C19H20N2O6/c1-4-20(12(2)13-6-5-7-17(11-13)27-3)18(22)14-8-15(19(23)24)10-16(9-14)21(25)26/h5-12H,4H2,1-3H3,(H,23,24). The van der Waals surface area contributed by atoms with Gasteiger partial charge in [-0.15, -0.1) is 0 Å². The van der Waals surface area contributed by atoms with E-state index in [4.69, 9.17) is 4.74 Å². The smallest absolute Gasteiger partial charge is 0.335 e. The summed E-state index contributed by atoms with van der Waals surface area (Å²) in [6.07, 6.45) is 0. The van der Waals surface area contributed by atoms with E-state index < -0.39 is 22.5 Å². The summed E-state index contributed by atoms with van der Waals surface area (Å²) in [5.41, 5.74) is 0.0348. The number of nitrogens with zero attached hydrogens (tertiary/aromatic N) is 2. The average molecular weight is 372 g/mol. The maximum absolute atomic E-state index is 13.0. The van der Waals surface area contributed by atoms with Crippen molar-refractivity contribution in [3.05, 3.63) is 69.3 Å². The summed E-state index contributed by atoms with van der Waals surface area (Å²) >= 11 is 0. The molecule has 142 valence electrons. The Balaban J connectivity index is 2.43. The molecular weight excluding hydrogens is 352 g/mol. The lowest BCUT2D eigenvalue weighted by Gasteiger charge is -2.29. The van der Waals surface area contributed by atoms with Crippen LogP contribution in [0.2, 0.25) is 0 Å². The van der Waals surface area contributed by atoms with Gasteiger partial charge in [0.05, 0.1) is 23.6 Å². The molecule has 0 saturated heterocycles. The summed E-state index contributed by atoms with van der Waals surface area (Å²) < 4.78 is 5.20. The Bertz CT molecular complexity index is 848. The van der Waals surface area contributed by atoms with E-state index >= 15 is 0 Å². The number of carbonyl (C=O) groups excluding carboxylic acids is 1. The van der Waals surface area contributed by atoms with Crippen LogP contribution in [-0.2, 0) is 0 Å². The number of hydrogen-bond donors (Lipinski definition) is 1. The van der Waals surface area contributed by atoms with Gasteiger partial charge in [-0.25, -0.2) is 4.79 Å². The average Bonchev–Trinajstić information content (AvgIpc) is 2.67. The summed E-state index contributed by atoms with van der Waals surface area (Å²) in [5.74, 6) is -1.18. The molecule has 0 aliphatic heterocycles. The van der Waals surface area contributed by atoms with Crippen molar-refractivity contribution >= 4 is 17.6 Å². The van der Waals surface area contributed by atoms with Crippen LogP contribution >= 0.6 is 0 Å². The van der Waals surface area contributed by atoms with Crippen molar-refractivity contribution in [2.75, 3.05) is 13.7 Å². The van der Waals surface area contributed by atoms with E-state index in [0.29, 0.717) is 12.3 Å². The number of carbonyl (C=O) groups is 2. The lowest BCUT2D eigenvalue weighted by molar-refractivity contribution is -0.384. The van der Waals surface area contributed by atoms with Crippen molar-refractivity contribution in [3.63, 3.8) is 0 Å². The molecule has 1 N–H and O–H groups in total. The molecule has 2 aromatic rings. The number of non-ortho nitro benzene ring substituents is 1. The van der Waals surface area contributed by atoms with Crippen molar-refractivity contribution in [2.24, 2.45) is 0 Å². The second kappa shape index (κ2) is 8.31. The van der Waals surface area contributed by atoms with Crippen LogP contribution < -0.4 is 4.74 Å². The van der Waals surface area contributed by atoms with Crippen LogP contribution in [0.5, 0.6) is 5.75 Å². The quantitative estimate of drug-likeness (QED) is 0.588. The molecule has 8 heteroatoms. The highest BCUT2D eigenvalue weighted by atomic mass is 16.6. The summed E-state index contributed by atoms with van der Waals surface area (Å²) in [4.78, 5) is 36.1. The zero-order chi connectivity index (χ0) is 20.1. The van der Waals surface area contributed by atoms with Crippen LogP contribution in [0.1, 0.15) is 46.2 Å². The molecule has 2 rings (SSSR count). The SMILES string of the molecule is CCN(C(=O)c1cc(C(=O)O)cc([N+](=O)[O-])c1)C(C)c1cccc(OC)c1. The van der Waals surface area contributed by atoms with E-state index in [1.165, 1.54) is 4.90 Å². The van der Waals surface area contributed by atoms with Gasteiger partial charge in [-0.2, -0.15) is 0 Å². The highest BCUT2D eigenvalue weighted by Gasteiger charge is 2.25. The van der Waals surface area contributed by atoms with Crippen molar-refractivity contribution in [1.29, 1.82) is 0 Å². The first kappa shape index (κ1) is 19.9. The first-order valence-electron chi connectivity index (χ1n) is 8.26. The highest BCUT2D eigenvalue weighted by molar-refractivity contribution is 5.98. The number of carboxylic acid groups (broad SMARTS) is 1. The molecule has 1 atom stereocenters. The summed E-state index contributed by atoms with van der Waals surface area (Å²) in [6, 6.07) is 10.1. The molecule has 0 aliphatic rings. The Morgan fingerprint density at radius 1 is 1.22 bits per heavy atom. The molecule has 8 nitrogen and oxygen atoms in total. The van der Waals surface area contributed by atoms with E-state index in [1.807, 2.05) is 13.0 Å². The van der Waals surface area contributed by atoms with Crippen molar-refractivity contribution in [1.82, 2.24) is 4.90 Å². The summed E-state index contributed by atoms with van der Waals surface area (Å²) in [5, 5.41) is 20.3. The van der Waals surface area contributed by atoms with Crippen LogP contribution in [0.4, 0.5) is 5.69 Å². The number of hydrogen-bond acceptors (Lipinski definition) is 5. The van der Waals surface area contributed by atoms with E-state index in [1.54, 1.807) is 32.2 Å². The Labute approximate surface area is 156 Å². The first-order valence-corrected chi connectivity index (χ1v) is 8.26. The fourth-order valence-corrected chi connectivity index (χ4v) is 2.80. The molecule has 0 saturated carbocycles. The minimum atomic E-state index is -1.34. The molecule has 1 amide bonds. The third-order valence-corrected chi connectivity index (χ3v) is 4.27. The van der Waals surface area contributed by atoms with Crippen molar-refractivity contribution in [2.45, 2.75) is 19.9 Å². The Morgan fingerprint density at radius 3 is 2.44 bits per heavy atom. The second-order valence-corrected chi connectivity index (χ2v) is 5.87. The lowest BCUT2D eigenvalue weighted by atomic mass is 10.0. The van der Waals surface area contributed by atoms with Gasteiger partial charge in [-0.05, 0) is 37.6 Å². The monoisotopic (exact) mass is 372 g/mol. The largest absolute Gasteiger partial charge is 0.497 e. The van der Waals surface area contributed by atoms with E-state index in [0.717, 1.165) is 23.8 Å². The molecule has 1 unspecified atom stereocenters. The Kier molecular flexibility index (Phi) is 6.12. The van der Waals surface area contributed by atoms with Crippen LogP contribution in [0.15, 0.2) is 42.5 Å². The highest BCUT2D eigenvalue weighted by Crippen LogP contribution is 2.26. The van der Waals surface area contributed by atoms with Gasteiger partial charge in [0, 0.05) is 24.2 Å². The third kappa shape index (κ3) is 4.41. The number of amides is 1. The van der Waals surface area contributed by atoms with Gasteiger partial charge < -0.3 is 14.7 Å². The topological polar surface area (TPSA) is 110 Å². The molecule has 0 aliphatic carbocycles. The predicted octanol–water partition coefficient (Wildman–Crippen LogP) is 3.52. The maximum Gasteiger partial charge on any atom is 0.335 e. The first-order chi connectivity index (χ1) is 12.8. The number of nitro benzene ring substituents is 1. The van der Waals surface area contributed by atoms with Gasteiger partial charge in [-0.3, -0.25) is 14.9 Å². The van der Waals surface area contributed by atoms with Gasteiger partial charge in [0.15, 0.2) is 0 Å². The fourth-order valence-electron chi connectivity index (χ4n) is 2.80. The van der Waals surface area contributed by atoms with E-state index in [2.05, 4.69) is 0 Å².